The Bertz CT molecular complexity index is 775. The number of nitrogens with zero attached hydrogens (tertiary/aromatic N) is 3. The van der Waals surface area contributed by atoms with Gasteiger partial charge in [-0.05, 0) is 62.8 Å². The summed E-state index contributed by atoms with van der Waals surface area (Å²) in [5, 5.41) is 8.84. The van der Waals surface area contributed by atoms with Crippen molar-refractivity contribution in [2.24, 2.45) is 0 Å². The number of hydrogen-bond acceptors (Lipinski definition) is 6. The maximum Gasteiger partial charge on any atom is 0.233 e. The number of ether oxygens (including phenoxy) is 2. The first kappa shape index (κ1) is 19.4. The molecule has 0 bridgehead atoms. The van der Waals surface area contributed by atoms with E-state index in [0.29, 0.717) is 5.92 Å². The van der Waals surface area contributed by atoms with Crippen molar-refractivity contribution < 1.29 is 13.9 Å². The Morgan fingerprint density at radius 3 is 2.46 bits per heavy atom. The number of piperidine rings is 1. The van der Waals surface area contributed by atoms with E-state index in [1.54, 1.807) is 7.11 Å². The minimum atomic E-state index is 0.206. The molecule has 1 atom stereocenters. The average Bonchev–Trinajstić information content (AvgIpc) is 3.19. The molecule has 0 unspecified atom stereocenters. The molecule has 0 radical (unpaired) electrons. The molecule has 28 heavy (non-hydrogen) atoms. The molecule has 0 spiro atoms. The normalized spacial score (nSPS) is 21.8. The first-order chi connectivity index (χ1) is 13.7. The van der Waals surface area contributed by atoms with Gasteiger partial charge in [0.2, 0.25) is 11.8 Å². The Hall–Kier alpha value is -1.92. The van der Waals surface area contributed by atoms with Crippen molar-refractivity contribution in [2.75, 3.05) is 26.9 Å². The fourth-order valence-corrected chi connectivity index (χ4v) is 4.64. The molecule has 2 aliphatic rings. The summed E-state index contributed by atoms with van der Waals surface area (Å²) in [6.45, 7) is 7.75. The van der Waals surface area contributed by atoms with Crippen LogP contribution in [0.1, 0.15) is 72.5 Å². The summed E-state index contributed by atoms with van der Waals surface area (Å²) in [7, 11) is 1.74. The highest BCUT2D eigenvalue weighted by Gasteiger charge is 2.30. The molecule has 0 amide bonds. The molecular formula is C22H31N3O3. The van der Waals surface area contributed by atoms with Gasteiger partial charge in [0, 0.05) is 25.7 Å². The number of benzene rings is 1. The van der Waals surface area contributed by atoms with Gasteiger partial charge in [0.15, 0.2) is 0 Å². The first-order valence-corrected chi connectivity index (χ1v) is 10.4. The van der Waals surface area contributed by atoms with Crippen molar-refractivity contribution in [3.8, 4) is 5.75 Å². The second-order valence-electron chi connectivity index (χ2n) is 8.11. The zero-order valence-electron chi connectivity index (χ0n) is 17.2. The molecule has 0 N–H and O–H groups in total. The van der Waals surface area contributed by atoms with Crippen LogP contribution in [-0.2, 0) is 11.3 Å². The molecule has 6 nitrogen and oxygen atoms in total. The van der Waals surface area contributed by atoms with E-state index in [1.165, 1.54) is 29.5 Å². The summed E-state index contributed by atoms with van der Waals surface area (Å²) in [6, 6.07) is 4.68. The third kappa shape index (κ3) is 4.08. The summed E-state index contributed by atoms with van der Waals surface area (Å²) in [5.74, 6) is 2.90. The number of aromatic nitrogens is 2. The van der Waals surface area contributed by atoms with Crippen LogP contribution in [0.5, 0.6) is 5.75 Å². The lowest BCUT2D eigenvalue weighted by Crippen LogP contribution is -2.33. The smallest absolute Gasteiger partial charge is 0.233 e. The molecule has 152 valence electrons. The molecule has 2 aliphatic heterocycles. The Balaban J connectivity index is 1.51. The monoisotopic (exact) mass is 385 g/mol. The van der Waals surface area contributed by atoms with E-state index in [-0.39, 0.29) is 6.04 Å². The molecule has 0 aliphatic carbocycles. The minimum Gasteiger partial charge on any atom is -0.496 e. The fourth-order valence-electron chi connectivity index (χ4n) is 4.64. The van der Waals surface area contributed by atoms with Crippen LogP contribution >= 0.6 is 0 Å². The second kappa shape index (κ2) is 8.62. The van der Waals surface area contributed by atoms with Gasteiger partial charge in [-0.25, -0.2) is 0 Å². The van der Waals surface area contributed by atoms with E-state index in [4.69, 9.17) is 13.9 Å². The number of rotatable bonds is 5. The van der Waals surface area contributed by atoms with Crippen LogP contribution in [0.15, 0.2) is 16.5 Å². The van der Waals surface area contributed by atoms with Crippen LogP contribution < -0.4 is 4.74 Å². The van der Waals surface area contributed by atoms with Crippen molar-refractivity contribution >= 4 is 0 Å². The number of likely N-dealkylation sites (tertiary alicyclic amines) is 1. The first-order valence-electron chi connectivity index (χ1n) is 10.4. The highest BCUT2D eigenvalue weighted by atomic mass is 16.5. The van der Waals surface area contributed by atoms with Crippen LogP contribution in [0.25, 0.3) is 0 Å². The Morgan fingerprint density at radius 1 is 1.04 bits per heavy atom. The average molecular weight is 386 g/mol. The highest BCUT2D eigenvalue weighted by molar-refractivity contribution is 5.43. The van der Waals surface area contributed by atoms with E-state index in [0.717, 1.165) is 63.1 Å². The molecule has 1 aromatic heterocycles. The Kier molecular flexibility index (Phi) is 5.97. The van der Waals surface area contributed by atoms with Crippen LogP contribution in [0.4, 0.5) is 0 Å². The zero-order valence-corrected chi connectivity index (χ0v) is 17.2. The van der Waals surface area contributed by atoms with Crippen LogP contribution in [0, 0.1) is 13.8 Å². The lowest BCUT2D eigenvalue weighted by Gasteiger charge is -2.33. The molecule has 2 fully saturated rings. The molecule has 4 rings (SSSR count). The maximum atomic E-state index is 6.18. The SMILES string of the molecule is COc1c(C)cc(CN2CCCC[C@H]2c2nnc(C3CCOCC3)o2)cc1C. The van der Waals surface area contributed by atoms with E-state index in [2.05, 4.69) is 41.1 Å². The van der Waals surface area contributed by atoms with E-state index in [9.17, 15) is 0 Å². The predicted octanol–water partition coefficient (Wildman–Crippen LogP) is 4.32. The maximum absolute atomic E-state index is 6.18. The summed E-state index contributed by atoms with van der Waals surface area (Å²) < 4.78 is 17.1. The summed E-state index contributed by atoms with van der Waals surface area (Å²) in [4.78, 5) is 2.49. The molecular weight excluding hydrogens is 354 g/mol. The van der Waals surface area contributed by atoms with E-state index >= 15 is 0 Å². The van der Waals surface area contributed by atoms with Gasteiger partial charge in [-0.15, -0.1) is 10.2 Å². The zero-order chi connectivity index (χ0) is 19.5. The lowest BCUT2D eigenvalue weighted by atomic mass is 9.99. The van der Waals surface area contributed by atoms with Crippen molar-refractivity contribution in [3.05, 3.63) is 40.6 Å². The predicted molar refractivity (Wildman–Crippen MR) is 107 cm³/mol. The molecule has 3 heterocycles. The van der Waals surface area contributed by atoms with Gasteiger partial charge >= 0.3 is 0 Å². The van der Waals surface area contributed by atoms with Crippen LogP contribution in [-0.4, -0.2) is 42.0 Å². The van der Waals surface area contributed by atoms with Gasteiger partial charge in [-0.1, -0.05) is 18.6 Å². The Morgan fingerprint density at radius 2 is 1.75 bits per heavy atom. The minimum absolute atomic E-state index is 0.206. The van der Waals surface area contributed by atoms with E-state index in [1.807, 2.05) is 0 Å². The van der Waals surface area contributed by atoms with Crippen molar-refractivity contribution in [1.29, 1.82) is 0 Å². The molecule has 0 saturated carbocycles. The third-order valence-corrected chi connectivity index (χ3v) is 6.04. The molecule has 1 aromatic carbocycles. The van der Waals surface area contributed by atoms with Crippen LogP contribution in [0.2, 0.25) is 0 Å². The van der Waals surface area contributed by atoms with E-state index < -0.39 is 0 Å². The number of aryl methyl sites for hydroxylation is 2. The van der Waals surface area contributed by atoms with Gasteiger partial charge in [-0.3, -0.25) is 4.90 Å². The summed E-state index contributed by atoms with van der Waals surface area (Å²) in [5.41, 5.74) is 3.68. The number of hydrogen-bond donors (Lipinski definition) is 0. The quantitative estimate of drug-likeness (QED) is 0.764. The largest absolute Gasteiger partial charge is 0.496 e. The topological polar surface area (TPSA) is 60.6 Å². The van der Waals surface area contributed by atoms with Crippen LogP contribution in [0.3, 0.4) is 0 Å². The van der Waals surface area contributed by atoms with Gasteiger partial charge in [0.05, 0.1) is 13.2 Å². The lowest BCUT2D eigenvalue weighted by molar-refractivity contribution is 0.0768. The Labute approximate surface area is 167 Å². The van der Waals surface area contributed by atoms with Gasteiger partial charge < -0.3 is 13.9 Å². The molecule has 2 saturated heterocycles. The molecule has 2 aromatic rings. The highest BCUT2D eigenvalue weighted by Crippen LogP contribution is 2.34. The van der Waals surface area contributed by atoms with Gasteiger partial charge in [-0.2, -0.15) is 0 Å². The van der Waals surface area contributed by atoms with Crippen molar-refractivity contribution in [2.45, 2.75) is 64.5 Å². The van der Waals surface area contributed by atoms with Gasteiger partial charge in [0.1, 0.15) is 5.75 Å². The number of methoxy groups -OCH3 is 1. The molecule has 6 heteroatoms. The fraction of sp³-hybridized carbons (Fsp3) is 0.636. The van der Waals surface area contributed by atoms with Crippen molar-refractivity contribution in [3.63, 3.8) is 0 Å². The summed E-state index contributed by atoms with van der Waals surface area (Å²) in [6.07, 6.45) is 5.44. The second-order valence-corrected chi connectivity index (χ2v) is 8.11. The third-order valence-electron chi connectivity index (χ3n) is 6.04. The van der Waals surface area contributed by atoms with Gasteiger partial charge in [0.25, 0.3) is 0 Å². The summed E-state index contributed by atoms with van der Waals surface area (Å²) >= 11 is 0. The van der Waals surface area contributed by atoms with Crippen molar-refractivity contribution in [1.82, 2.24) is 15.1 Å². The standard InChI is InChI=1S/C22H31N3O3/c1-15-12-17(13-16(2)20(15)26-3)14-25-9-5-4-6-19(25)22-24-23-21(28-22)18-7-10-27-11-8-18/h12-13,18-19H,4-11,14H2,1-3H3/t19-/m0/s1.